The van der Waals surface area contributed by atoms with Crippen molar-refractivity contribution in [1.82, 2.24) is 25.1 Å². The lowest BCUT2D eigenvalue weighted by Gasteiger charge is -2.29. The molecule has 114 valence electrons. The molecule has 1 rings (SSSR count). The van der Waals surface area contributed by atoms with Crippen molar-refractivity contribution in [1.29, 1.82) is 0 Å². The van der Waals surface area contributed by atoms with Gasteiger partial charge in [0.1, 0.15) is 5.82 Å². The number of carbonyl (C=O) groups excluding carboxylic acids is 1. The number of nitrogens with zero attached hydrogens (tertiary/aromatic N) is 3. The number of aromatic amines is 1. The predicted molar refractivity (Wildman–Crippen MR) is 80.5 cm³/mol. The van der Waals surface area contributed by atoms with Crippen LogP contribution in [0.15, 0.2) is 6.20 Å². The molecule has 0 unspecified atom stereocenters. The Labute approximate surface area is 121 Å². The van der Waals surface area contributed by atoms with Gasteiger partial charge in [-0.05, 0) is 26.4 Å². The zero-order valence-electron chi connectivity index (χ0n) is 13.4. The van der Waals surface area contributed by atoms with Crippen molar-refractivity contribution in [2.75, 3.05) is 34.2 Å². The molecule has 6 nitrogen and oxygen atoms in total. The van der Waals surface area contributed by atoms with Crippen LogP contribution in [-0.2, 0) is 6.54 Å². The lowest BCUT2D eigenvalue weighted by Crippen LogP contribution is -2.44. The molecule has 0 atom stereocenters. The van der Waals surface area contributed by atoms with E-state index in [1.54, 1.807) is 18.1 Å². The molecular weight excluding hydrogens is 254 g/mol. The third-order valence-corrected chi connectivity index (χ3v) is 2.95. The van der Waals surface area contributed by atoms with Gasteiger partial charge in [0.25, 0.3) is 0 Å². The Kier molecular flexibility index (Phi) is 5.56. The molecule has 2 N–H and O–H groups in total. The second-order valence-corrected chi connectivity index (χ2v) is 6.43. The summed E-state index contributed by atoms with van der Waals surface area (Å²) in [6, 6.07) is -0.0779. The van der Waals surface area contributed by atoms with E-state index in [0.717, 1.165) is 18.1 Å². The number of hydrogen-bond donors (Lipinski definition) is 2. The average molecular weight is 281 g/mol. The van der Waals surface area contributed by atoms with Gasteiger partial charge in [0, 0.05) is 32.0 Å². The number of H-pyrrole nitrogens is 1. The number of amides is 2. The highest BCUT2D eigenvalue weighted by Crippen LogP contribution is 2.14. The zero-order chi connectivity index (χ0) is 15.3. The van der Waals surface area contributed by atoms with Crippen LogP contribution in [0.5, 0.6) is 0 Å². The minimum absolute atomic E-state index is 0.0429. The first kappa shape index (κ1) is 16.5. The monoisotopic (exact) mass is 281 g/mol. The van der Waals surface area contributed by atoms with Gasteiger partial charge in [0.15, 0.2) is 0 Å². The summed E-state index contributed by atoms with van der Waals surface area (Å²) in [5.74, 6) is 0.799. The number of nitrogens with one attached hydrogen (secondary N) is 2. The van der Waals surface area contributed by atoms with E-state index < -0.39 is 0 Å². The van der Waals surface area contributed by atoms with Gasteiger partial charge < -0.3 is 20.1 Å². The van der Waals surface area contributed by atoms with Gasteiger partial charge >= 0.3 is 6.03 Å². The Balaban J connectivity index is 2.42. The van der Waals surface area contributed by atoms with Crippen LogP contribution in [0.2, 0.25) is 0 Å². The van der Waals surface area contributed by atoms with E-state index in [1.807, 2.05) is 21.0 Å². The van der Waals surface area contributed by atoms with E-state index in [-0.39, 0.29) is 11.4 Å². The van der Waals surface area contributed by atoms with Gasteiger partial charge in [0.2, 0.25) is 0 Å². The normalized spacial score (nSPS) is 11.8. The van der Waals surface area contributed by atoms with Crippen molar-refractivity contribution in [3.05, 3.63) is 17.7 Å². The molecule has 20 heavy (non-hydrogen) atoms. The van der Waals surface area contributed by atoms with Crippen LogP contribution in [0.1, 0.15) is 25.4 Å². The van der Waals surface area contributed by atoms with E-state index in [4.69, 9.17) is 0 Å². The summed E-state index contributed by atoms with van der Waals surface area (Å²) in [6.45, 7) is 8.28. The number of urea groups is 1. The molecule has 1 aromatic heterocycles. The van der Waals surface area contributed by atoms with Crippen molar-refractivity contribution in [3.8, 4) is 0 Å². The first-order chi connectivity index (χ1) is 9.19. The molecule has 1 aromatic rings. The van der Waals surface area contributed by atoms with Gasteiger partial charge in [-0.1, -0.05) is 13.8 Å². The van der Waals surface area contributed by atoms with Crippen LogP contribution in [-0.4, -0.2) is 60.0 Å². The van der Waals surface area contributed by atoms with Crippen LogP contribution in [0.25, 0.3) is 0 Å². The summed E-state index contributed by atoms with van der Waals surface area (Å²) in [7, 11) is 5.84. The Morgan fingerprint density at radius 2 is 2.05 bits per heavy atom. The van der Waals surface area contributed by atoms with Crippen molar-refractivity contribution < 1.29 is 4.79 Å². The molecule has 1 heterocycles. The second kappa shape index (κ2) is 6.74. The number of hydrogen-bond acceptors (Lipinski definition) is 3. The maximum absolute atomic E-state index is 12.0. The Hall–Kier alpha value is -1.56. The maximum Gasteiger partial charge on any atom is 0.317 e. The van der Waals surface area contributed by atoms with Crippen LogP contribution in [0.3, 0.4) is 0 Å². The van der Waals surface area contributed by atoms with Crippen molar-refractivity contribution in [2.45, 2.75) is 27.3 Å². The second-order valence-electron chi connectivity index (χ2n) is 6.43. The maximum atomic E-state index is 12.0. The van der Waals surface area contributed by atoms with E-state index in [1.165, 1.54) is 0 Å². The molecule has 0 saturated heterocycles. The van der Waals surface area contributed by atoms with Gasteiger partial charge in [0.05, 0.1) is 6.54 Å². The van der Waals surface area contributed by atoms with Crippen LogP contribution >= 0.6 is 0 Å². The van der Waals surface area contributed by atoms with Crippen molar-refractivity contribution in [2.24, 2.45) is 5.41 Å². The number of imidazole rings is 1. The van der Waals surface area contributed by atoms with Crippen LogP contribution in [0, 0.1) is 12.3 Å². The minimum Gasteiger partial charge on any atom is -0.345 e. The first-order valence-electron chi connectivity index (χ1n) is 6.84. The van der Waals surface area contributed by atoms with Crippen molar-refractivity contribution in [3.63, 3.8) is 0 Å². The third-order valence-electron chi connectivity index (χ3n) is 2.95. The van der Waals surface area contributed by atoms with Gasteiger partial charge in [-0.2, -0.15) is 0 Å². The summed E-state index contributed by atoms with van der Waals surface area (Å²) < 4.78 is 0. The van der Waals surface area contributed by atoms with Gasteiger partial charge in [-0.3, -0.25) is 0 Å². The highest BCUT2D eigenvalue weighted by molar-refractivity contribution is 5.73. The zero-order valence-corrected chi connectivity index (χ0v) is 13.4. The Morgan fingerprint density at radius 1 is 1.40 bits per heavy atom. The molecule has 0 bridgehead atoms. The highest BCUT2D eigenvalue weighted by Gasteiger charge is 2.21. The third kappa shape index (κ3) is 5.61. The van der Waals surface area contributed by atoms with E-state index in [9.17, 15) is 4.79 Å². The molecule has 6 heteroatoms. The summed E-state index contributed by atoms with van der Waals surface area (Å²) >= 11 is 0. The van der Waals surface area contributed by atoms with Crippen molar-refractivity contribution >= 4 is 6.03 Å². The minimum atomic E-state index is -0.0779. The quantitative estimate of drug-likeness (QED) is 0.829. The average Bonchev–Trinajstić information content (AvgIpc) is 2.70. The lowest BCUT2D eigenvalue weighted by molar-refractivity contribution is 0.190. The number of aromatic nitrogens is 2. The molecule has 2 amide bonds. The summed E-state index contributed by atoms with van der Waals surface area (Å²) in [4.78, 5) is 23.1. The molecule has 0 radical (unpaired) electrons. The van der Waals surface area contributed by atoms with E-state index in [2.05, 4.69) is 34.0 Å². The molecule has 0 spiro atoms. The van der Waals surface area contributed by atoms with E-state index >= 15 is 0 Å². The predicted octanol–water partition coefficient (Wildman–Crippen LogP) is 1.45. The largest absolute Gasteiger partial charge is 0.345 e. The van der Waals surface area contributed by atoms with Gasteiger partial charge in [-0.25, -0.2) is 9.78 Å². The summed E-state index contributed by atoms with van der Waals surface area (Å²) in [5, 5.41) is 2.97. The summed E-state index contributed by atoms with van der Waals surface area (Å²) in [5.41, 5.74) is 1.04. The molecule has 0 fully saturated rings. The topological polar surface area (TPSA) is 64.3 Å². The number of aryl methyl sites for hydroxylation is 1. The highest BCUT2D eigenvalue weighted by atomic mass is 16.2. The fraction of sp³-hybridized carbons (Fsp3) is 0.714. The molecular formula is C14H27N5O. The molecule has 0 aliphatic carbocycles. The number of carbonyl (C=O) groups is 1. The van der Waals surface area contributed by atoms with Gasteiger partial charge in [-0.15, -0.1) is 0 Å². The Bertz CT molecular complexity index is 439. The summed E-state index contributed by atoms with van der Waals surface area (Å²) in [6.07, 6.45) is 1.77. The smallest absolute Gasteiger partial charge is 0.317 e. The Morgan fingerprint density at radius 3 is 2.55 bits per heavy atom. The lowest BCUT2D eigenvalue weighted by atomic mass is 9.93. The molecule has 0 aliphatic heterocycles. The molecule has 0 aliphatic rings. The van der Waals surface area contributed by atoms with Crippen LogP contribution < -0.4 is 5.32 Å². The van der Waals surface area contributed by atoms with Crippen LogP contribution in [0.4, 0.5) is 4.79 Å². The fourth-order valence-corrected chi connectivity index (χ4v) is 2.21. The standard InChI is InChI=1S/C14H27N5O/c1-11-7-15-12(17-11)8-19(6)13(20)16-9-14(2,3)10-18(4)5/h7H,8-10H2,1-6H3,(H,15,17)(H,16,20). The SMILES string of the molecule is Cc1cnc(CN(C)C(=O)NCC(C)(C)CN(C)C)[nH]1. The fourth-order valence-electron chi connectivity index (χ4n) is 2.21. The first-order valence-corrected chi connectivity index (χ1v) is 6.84. The molecule has 0 aromatic carbocycles. The number of rotatable bonds is 6. The van der Waals surface area contributed by atoms with E-state index in [0.29, 0.717) is 13.1 Å². The molecule has 0 saturated carbocycles.